The molecule has 0 saturated carbocycles. The smallest absolute Gasteiger partial charge is 0.273 e. The van der Waals surface area contributed by atoms with E-state index < -0.39 is 0 Å². The fourth-order valence-corrected chi connectivity index (χ4v) is 2.45. The van der Waals surface area contributed by atoms with Gasteiger partial charge < -0.3 is 5.32 Å². The number of carbonyl (C=O) groups excluding carboxylic acids is 1. The van der Waals surface area contributed by atoms with Gasteiger partial charge in [-0.3, -0.25) is 9.78 Å². The summed E-state index contributed by atoms with van der Waals surface area (Å²) < 4.78 is 1.67. The van der Waals surface area contributed by atoms with Crippen LogP contribution in [0.15, 0.2) is 54.7 Å². The van der Waals surface area contributed by atoms with Gasteiger partial charge >= 0.3 is 0 Å². The average molecular weight is 321 g/mol. The first kappa shape index (κ1) is 15.9. The van der Waals surface area contributed by atoms with E-state index in [2.05, 4.69) is 20.6 Å². The SMILES string of the molecule is Cc1c(C(=O)NCCCc2ccccn2)nnn1-c1ccccc1. The molecule has 0 atom stereocenters. The van der Waals surface area contributed by atoms with Crippen molar-refractivity contribution in [1.82, 2.24) is 25.3 Å². The highest BCUT2D eigenvalue weighted by Crippen LogP contribution is 2.11. The van der Waals surface area contributed by atoms with Gasteiger partial charge in [0.25, 0.3) is 5.91 Å². The number of amides is 1. The molecule has 6 nitrogen and oxygen atoms in total. The fourth-order valence-electron chi connectivity index (χ4n) is 2.45. The van der Waals surface area contributed by atoms with E-state index in [1.54, 1.807) is 10.9 Å². The van der Waals surface area contributed by atoms with Crippen LogP contribution in [0.4, 0.5) is 0 Å². The second-order valence-corrected chi connectivity index (χ2v) is 5.45. The monoisotopic (exact) mass is 321 g/mol. The summed E-state index contributed by atoms with van der Waals surface area (Å²) in [6.45, 7) is 2.42. The molecule has 0 radical (unpaired) electrons. The number of hydrogen-bond donors (Lipinski definition) is 1. The lowest BCUT2D eigenvalue weighted by atomic mass is 10.2. The number of nitrogens with zero attached hydrogens (tertiary/aromatic N) is 4. The zero-order chi connectivity index (χ0) is 16.8. The van der Waals surface area contributed by atoms with E-state index in [-0.39, 0.29) is 5.91 Å². The van der Waals surface area contributed by atoms with Crippen molar-refractivity contribution in [1.29, 1.82) is 0 Å². The van der Waals surface area contributed by atoms with Crippen molar-refractivity contribution in [3.05, 3.63) is 71.8 Å². The Kier molecular flexibility index (Phi) is 4.96. The number of para-hydroxylation sites is 1. The first-order valence-corrected chi connectivity index (χ1v) is 7.91. The van der Waals surface area contributed by atoms with Gasteiger partial charge in [0.1, 0.15) is 0 Å². The molecule has 0 spiro atoms. The van der Waals surface area contributed by atoms with Crippen molar-refractivity contribution >= 4 is 5.91 Å². The number of pyridine rings is 1. The van der Waals surface area contributed by atoms with Gasteiger partial charge in [0.15, 0.2) is 5.69 Å². The molecule has 3 aromatic rings. The van der Waals surface area contributed by atoms with Gasteiger partial charge in [-0.05, 0) is 44.0 Å². The lowest BCUT2D eigenvalue weighted by Gasteiger charge is -2.05. The van der Waals surface area contributed by atoms with Crippen LogP contribution in [0.2, 0.25) is 0 Å². The first-order chi connectivity index (χ1) is 11.8. The van der Waals surface area contributed by atoms with Crippen molar-refractivity contribution < 1.29 is 4.79 Å². The molecule has 6 heteroatoms. The standard InChI is InChI=1S/C18H19N5O/c1-14-17(21-22-23(14)16-10-3-2-4-11-16)18(24)20-13-7-9-15-8-5-6-12-19-15/h2-6,8,10-12H,7,9,13H2,1H3,(H,20,24). The van der Waals surface area contributed by atoms with Crippen LogP contribution in [0.5, 0.6) is 0 Å². The molecular formula is C18H19N5O. The van der Waals surface area contributed by atoms with E-state index in [9.17, 15) is 4.79 Å². The molecular weight excluding hydrogens is 302 g/mol. The lowest BCUT2D eigenvalue weighted by molar-refractivity contribution is 0.0947. The predicted octanol–water partition coefficient (Wildman–Crippen LogP) is 2.33. The molecule has 122 valence electrons. The number of aromatic nitrogens is 4. The Labute approximate surface area is 140 Å². The summed E-state index contributed by atoms with van der Waals surface area (Å²) >= 11 is 0. The number of rotatable bonds is 6. The van der Waals surface area contributed by atoms with Crippen molar-refractivity contribution in [2.24, 2.45) is 0 Å². The number of hydrogen-bond acceptors (Lipinski definition) is 4. The van der Waals surface area contributed by atoms with E-state index in [0.717, 1.165) is 29.9 Å². The van der Waals surface area contributed by atoms with Gasteiger partial charge in [0.05, 0.1) is 11.4 Å². The van der Waals surface area contributed by atoms with Gasteiger partial charge in [-0.15, -0.1) is 5.10 Å². The maximum Gasteiger partial charge on any atom is 0.273 e. The number of nitrogens with one attached hydrogen (secondary N) is 1. The van der Waals surface area contributed by atoms with Gasteiger partial charge in [0.2, 0.25) is 0 Å². The minimum atomic E-state index is -0.198. The molecule has 1 aromatic carbocycles. The fraction of sp³-hybridized carbons (Fsp3) is 0.222. The van der Waals surface area contributed by atoms with Gasteiger partial charge in [-0.25, -0.2) is 4.68 Å². The Morgan fingerprint density at radius 1 is 1.12 bits per heavy atom. The number of aryl methyl sites for hydroxylation is 1. The normalized spacial score (nSPS) is 10.5. The van der Waals surface area contributed by atoms with Crippen LogP contribution in [-0.4, -0.2) is 32.4 Å². The van der Waals surface area contributed by atoms with Crippen LogP contribution in [-0.2, 0) is 6.42 Å². The van der Waals surface area contributed by atoms with E-state index in [4.69, 9.17) is 0 Å². The first-order valence-electron chi connectivity index (χ1n) is 7.91. The molecule has 3 rings (SSSR count). The zero-order valence-corrected chi connectivity index (χ0v) is 13.5. The van der Waals surface area contributed by atoms with E-state index >= 15 is 0 Å². The molecule has 0 aliphatic heterocycles. The molecule has 0 fully saturated rings. The van der Waals surface area contributed by atoms with Gasteiger partial charge in [0, 0.05) is 18.4 Å². The molecule has 1 amide bonds. The molecule has 0 aliphatic carbocycles. The highest BCUT2D eigenvalue weighted by molar-refractivity contribution is 5.93. The van der Waals surface area contributed by atoms with Crippen LogP contribution >= 0.6 is 0 Å². The van der Waals surface area contributed by atoms with Crippen molar-refractivity contribution in [3.8, 4) is 5.69 Å². The van der Waals surface area contributed by atoms with E-state index in [0.29, 0.717) is 12.2 Å². The maximum atomic E-state index is 12.3. The van der Waals surface area contributed by atoms with Crippen molar-refractivity contribution in [2.75, 3.05) is 6.54 Å². The summed E-state index contributed by atoms with van der Waals surface area (Å²) in [6.07, 6.45) is 3.44. The highest BCUT2D eigenvalue weighted by atomic mass is 16.2. The van der Waals surface area contributed by atoms with E-state index in [1.165, 1.54) is 0 Å². The summed E-state index contributed by atoms with van der Waals surface area (Å²) in [5.41, 5.74) is 3.00. The predicted molar refractivity (Wildman–Crippen MR) is 91.0 cm³/mol. The van der Waals surface area contributed by atoms with Crippen LogP contribution < -0.4 is 5.32 Å². The minimum absolute atomic E-state index is 0.198. The van der Waals surface area contributed by atoms with E-state index in [1.807, 2.05) is 55.5 Å². The highest BCUT2D eigenvalue weighted by Gasteiger charge is 2.16. The molecule has 0 saturated heterocycles. The summed E-state index contributed by atoms with van der Waals surface area (Å²) in [7, 11) is 0. The lowest BCUT2D eigenvalue weighted by Crippen LogP contribution is -2.26. The number of benzene rings is 1. The third-order valence-electron chi connectivity index (χ3n) is 3.73. The Balaban J connectivity index is 1.57. The topological polar surface area (TPSA) is 72.7 Å². The summed E-state index contributed by atoms with van der Waals surface area (Å²) in [5.74, 6) is -0.198. The summed E-state index contributed by atoms with van der Waals surface area (Å²) in [5, 5.41) is 11.0. The van der Waals surface area contributed by atoms with Crippen LogP contribution in [0.3, 0.4) is 0 Å². The Morgan fingerprint density at radius 2 is 1.92 bits per heavy atom. The second kappa shape index (κ2) is 7.50. The van der Waals surface area contributed by atoms with Gasteiger partial charge in [-0.2, -0.15) is 0 Å². The Bertz CT molecular complexity index is 799. The third kappa shape index (κ3) is 3.65. The Morgan fingerprint density at radius 3 is 2.67 bits per heavy atom. The van der Waals surface area contributed by atoms with Crippen molar-refractivity contribution in [3.63, 3.8) is 0 Å². The third-order valence-corrected chi connectivity index (χ3v) is 3.73. The van der Waals surface area contributed by atoms with Crippen LogP contribution in [0, 0.1) is 6.92 Å². The molecule has 24 heavy (non-hydrogen) atoms. The molecule has 0 unspecified atom stereocenters. The zero-order valence-electron chi connectivity index (χ0n) is 13.5. The largest absolute Gasteiger partial charge is 0.351 e. The molecule has 2 aromatic heterocycles. The van der Waals surface area contributed by atoms with Crippen LogP contribution in [0.25, 0.3) is 5.69 Å². The summed E-state index contributed by atoms with van der Waals surface area (Å²) in [4.78, 5) is 16.5. The van der Waals surface area contributed by atoms with Gasteiger partial charge in [-0.1, -0.05) is 29.5 Å². The molecule has 1 N–H and O–H groups in total. The molecule has 0 bridgehead atoms. The molecule has 0 aliphatic rings. The minimum Gasteiger partial charge on any atom is -0.351 e. The average Bonchev–Trinajstić information content (AvgIpc) is 3.02. The second-order valence-electron chi connectivity index (χ2n) is 5.45. The molecule has 2 heterocycles. The quantitative estimate of drug-likeness (QED) is 0.707. The number of carbonyl (C=O) groups is 1. The maximum absolute atomic E-state index is 12.3. The van der Waals surface area contributed by atoms with Crippen LogP contribution in [0.1, 0.15) is 28.3 Å². The van der Waals surface area contributed by atoms with Crippen molar-refractivity contribution in [2.45, 2.75) is 19.8 Å². The summed E-state index contributed by atoms with van der Waals surface area (Å²) in [6, 6.07) is 15.5. The Hall–Kier alpha value is -3.02.